The van der Waals surface area contributed by atoms with Crippen LogP contribution in [0.4, 0.5) is 17.1 Å². The summed E-state index contributed by atoms with van der Waals surface area (Å²) < 4.78 is 5.52. The lowest BCUT2D eigenvalue weighted by molar-refractivity contribution is -0.384. The van der Waals surface area contributed by atoms with Crippen LogP contribution in [0.5, 0.6) is 0 Å². The van der Waals surface area contributed by atoms with Crippen molar-refractivity contribution < 1.29 is 19.2 Å². The fourth-order valence-electron chi connectivity index (χ4n) is 3.72. The molecule has 0 atom stereocenters. The number of amides is 1. The lowest BCUT2D eigenvalue weighted by Gasteiger charge is -2.21. The van der Waals surface area contributed by atoms with Crippen molar-refractivity contribution in [3.63, 3.8) is 0 Å². The number of benzene rings is 2. The number of nitro groups is 1. The van der Waals surface area contributed by atoms with Crippen LogP contribution in [0, 0.1) is 10.1 Å². The van der Waals surface area contributed by atoms with Crippen LogP contribution in [-0.2, 0) is 6.61 Å². The highest BCUT2D eigenvalue weighted by Crippen LogP contribution is 2.28. The largest absolute Gasteiger partial charge is 0.459 e. The Labute approximate surface area is 195 Å². The van der Waals surface area contributed by atoms with E-state index in [0.717, 1.165) is 31.5 Å². The van der Waals surface area contributed by atoms with E-state index in [-0.39, 0.29) is 23.0 Å². The van der Waals surface area contributed by atoms with Gasteiger partial charge in [-0.3, -0.25) is 20.2 Å². The number of furan rings is 1. The molecule has 3 N–H and O–H groups in total. The van der Waals surface area contributed by atoms with E-state index < -0.39 is 10.8 Å². The second-order valence-corrected chi connectivity index (χ2v) is 7.97. The van der Waals surface area contributed by atoms with Crippen LogP contribution in [0.2, 0.25) is 0 Å². The first kappa shape index (κ1) is 22.4. The van der Waals surface area contributed by atoms with E-state index in [1.54, 1.807) is 30.3 Å². The Balaban J connectivity index is 1.45. The van der Waals surface area contributed by atoms with Crippen LogP contribution in [-0.4, -0.2) is 34.1 Å². The number of nitrogens with one attached hydrogen (secondary N) is 2. The summed E-state index contributed by atoms with van der Waals surface area (Å²) in [6, 6.07) is 15.0. The van der Waals surface area contributed by atoms with E-state index in [2.05, 4.69) is 10.6 Å². The molecule has 9 nitrogen and oxygen atoms in total. The highest BCUT2D eigenvalue weighted by Gasteiger charge is 2.23. The molecular weight excluding hydrogens is 444 g/mol. The highest BCUT2D eigenvalue weighted by molar-refractivity contribution is 7.80. The van der Waals surface area contributed by atoms with Crippen molar-refractivity contribution in [3.05, 3.63) is 76.0 Å². The summed E-state index contributed by atoms with van der Waals surface area (Å²) in [7, 11) is 0. The van der Waals surface area contributed by atoms with Gasteiger partial charge in [0.1, 0.15) is 18.1 Å². The van der Waals surface area contributed by atoms with Crippen LogP contribution in [0.3, 0.4) is 0 Å². The van der Waals surface area contributed by atoms with Crippen molar-refractivity contribution in [2.45, 2.75) is 19.4 Å². The van der Waals surface area contributed by atoms with Gasteiger partial charge >= 0.3 is 0 Å². The van der Waals surface area contributed by atoms with Gasteiger partial charge in [-0.05, 0) is 67.5 Å². The van der Waals surface area contributed by atoms with E-state index in [1.807, 2.05) is 17.0 Å². The molecule has 0 spiro atoms. The number of nitrogens with zero attached hydrogens (tertiary/aromatic N) is 2. The Morgan fingerprint density at radius 3 is 2.48 bits per heavy atom. The topological polar surface area (TPSA) is 121 Å². The third kappa shape index (κ3) is 5.18. The highest BCUT2D eigenvalue weighted by atomic mass is 32.1. The summed E-state index contributed by atoms with van der Waals surface area (Å²) in [6.07, 6.45) is 2.01. The zero-order chi connectivity index (χ0) is 23.4. The molecule has 1 saturated heterocycles. The van der Waals surface area contributed by atoms with E-state index in [4.69, 9.17) is 21.7 Å². The van der Waals surface area contributed by atoms with E-state index in [9.17, 15) is 14.9 Å². The van der Waals surface area contributed by atoms with Gasteiger partial charge in [-0.15, -0.1) is 0 Å². The first-order valence-corrected chi connectivity index (χ1v) is 10.8. The predicted molar refractivity (Wildman–Crippen MR) is 128 cm³/mol. The number of thiocarbonyl (C=S) groups is 1. The molecule has 0 bridgehead atoms. The maximum Gasteiger partial charge on any atom is 0.270 e. The maximum atomic E-state index is 12.9. The van der Waals surface area contributed by atoms with E-state index >= 15 is 0 Å². The van der Waals surface area contributed by atoms with E-state index in [1.165, 1.54) is 12.1 Å². The van der Waals surface area contributed by atoms with Crippen molar-refractivity contribution in [2.75, 3.05) is 23.3 Å². The third-order valence-electron chi connectivity index (χ3n) is 5.35. The molecule has 170 valence electrons. The van der Waals surface area contributed by atoms with Gasteiger partial charge in [0.2, 0.25) is 0 Å². The zero-order valence-electron chi connectivity index (χ0n) is 17.6. The Bertz CT molecular complexity index is 1190. The van der Waals surface area contributed by atoms with Gasteiger partial charge in [0.05, 0.1) is 16.2 Å². The Hall–Kier alpha value is -3.76. The van der Waals surface area contributed by atoms with Crippen LogP contribution in [0.15, 0.2) is 59.0 Å². The molecule has 1 aliphatic heterocycles. The molecule has 1 aromatic heterocycles. The minimum Gasteiger partial charge on any atom is -0.459 e. The summed E-state index contributed by atoms with van der Waals surface area (Å²) in [5.41, 5.74) is 2.19. The molecule has 0 aliphatic carbocycles. The summed E-state index contributed by atoms with van der Waals surface area (Å²) >= 11 is 5.28. The van der Waals surface area contributed by atoms with Crippen LogP contribution in [0.1, 0.15) is 29.0 Å². The number of aliphatic hydroxyl groups excluding tert-OH is 1. The Kier molecular flexibility index (Phi) is 6.66. The molecule has 2 aromatic carbocycles. The fraction of sp³-hybridized carbons (Fsp3) is 0.217. The van der Waals surface area contributed by atoms with Gasteiger partial charge in [0, 0.05) is 36.5 Å². The normalized spacial score (nSPS) is 13.1. The quantitative estimate of drug-likeness (QED) is 0.282. The van der Waals surface area contributed by atoms with Crippen molar-refractivity contribution in [1.29, 1.82) is 0 Å². The summed E-state index contributed by atoms with van der Waals surface area (Å²) in [5, 5.41) is 26.0. The summed E-state index contributed by atoms with van der Waals surface area (Å²) in [4.78, 5) is 25.7. The molecule has 3 aromatic rings. The average Bonchev–Trinajstić information content (AvgIpc) is 3.51. The molecule has 0 saturated carbocycles. The van der Waals surface area contributed by atoms with Crippen molar-refractivity contribution in [1.82, 2.24) is 5.32 Å². The molecule has 1 amide bonds. The Morgan fingerprint density at radius 1 is 1.12 bits per heavy atom. The molecule has 0 unspecified atom stereocenters. The molecule has 10 heteroatoms. The average molecular weight is 467 g/mol. The maximum absolute atomic E-state index is 12.9. The Morgan fingerprint density at radius 2 is 1.85 bits per heavy atom. The second kappa shape index (κ2) is 9.80. The number of hydrogen-bond acceptors (Lipinski definition) is 7. The number of carbonyl (C=O) groups is 1. The summed E-state index contributed by atoms with van der Waals surface area (Å²) in [6.45, 7) is 1.42. The predicted octanol–water partition coefficient (Wildman–Crippen LogP) is 4.07. The van der Waals surface area contributed by atoms with Crippen molar-refractivity contribution >= 4 is 40.3 Å². The lowest BCUT2D eigenvalue weighted by atomic mass is 10.1. The van der Waals surface area contributed by atoms with Crippen molar-refractivity contribution in [2.24, 2.45) is 0 Å². The first-order valence-electron chi connectivity index (χ1n) is 10.4. The molecular formula is C23H22N4O5S. The fourth-order valence-corrected chi connectivity index (χ4v) is 3.93. The number of non-ortho nitro benzene ring substituents is 1. The molecule has 2 heterocycles. The smallest absolute Gasteiger partial charge is 0.270 e. The number of anilines is 2. The van der Waals surface area contributed by atoms with Crippen LogP contribution >= 0.6 is 12.2 Å². The van der Waals surface area contributed by atoms with Crippen LogP contribution in [0.25, 0.3) is 11.3 Å². The first-order chi connectivity index (χ1) is 15.9. The number of aliphatic hydroxyl groups is 1. The van der Waals surface area contributed by atoms with E-state index in [0.29, 0.717) is 22.9 Å². The molecule has 1 fully saturated rings. The van der Waals surface area contributed by atoms with Gasteiger partial charge in [-0.1, -0.05) is 0 Å². The van der Waals surface area contributed by atoms with Gasteiger partial charge in [-0.25, -0.2) is 0 Å². The number of hydrogen-bond donors (Lipinski definition) is 3. The molecule has 33 heavy (non-hydrogen) atoms. The molecule has 0 radical (unpaired) electrons. The van der Waals surface area contributed by atoms with Gasteiger partial charge < -0.3 is 19.7 Å². The molecule has 1 aliphatic rings. The molecule has 4 rings (SSSR count). The summed E-state index contributed by atoms with van der Waals surface area (Å²) in [5.74, 6) is 0.592. The van der Waals surface area contributed by atoms with Crippen LogP contribution < -0.4 is 15.5 Å². The van der Waals surface area contributed by atoms with Crippen molar-refractivity contribution in [3.8, 4) is 11.3 Å². The lowest BCUT2D eigenvalue weighted by Crippen LogP contribution is -2.35. The minimum atomic E-state index is -0.523. The standard InChI is InChI=1S/C23H22N4O5S/c28-14-18-8-10-21(32-18)15-3-5-16(6-4-15)24-23(33)25-22(29)19-13-17(27(30)31)7-9-20(19)26-11-1-2-12-26/h3-10,13,28H,1-2,11-12,14H2,(H2,24,25,29,33). The monoisotopic (exact) mass is 466 g/mol. The van der Waals surface area contributed by atoms with Gasteiger partial charge in [0.15, 0.2) is 5.11 Å². The van der Waals surface area contributed by atoms with Gasteiger partial charge in [-0.2, -0.15) is 0 Å². The third-order valence-corrected chi connectivity index (χ3v) is 5.56. The minimum absolute atomic E-state index is 0.0761. The number of rotatable bonds is 6. The SMILES string of the molecule is O=C(NC(=S)Nc1ccc(-c2ccc(CO)o2)cc1)c1cc([N+](=O)[O-])ccc1N1CCCC1. The number of nitro benzene ring substituents is 1. The number of carbonyl (C=O) groups excluding carboxylic acids is 1. The zero-order valence-corrected chi connectivity index (χ0v) is 18.4. The second-order valence-electron chi connectivity index (χ2n) is 7.56. The van der Waals surface area contributed by atoms with Gasteiger partial charge in [0.25, 0.3) is 11.6 Å².